The maximum atomic E-state index is 12.5. The number of fused-ring (bicyclic) bond motifs is 1. The monoisotopic (exact) mass is 337 g/mol. The number of hydrogen-bond donors (Lipinski definition) is 4. The van der Waals surface area contributed by atoms with Crippen molar-refractivity contribution in [2.24, 2.45) is 5.73 Å². The molecule has 0 spiro atoms. The van der Waals surface area contributed by atoms with Crippen molar-refractivity contribution in [2.75, 3.05) is 13.1 Å². The molecule has 3 rings (SSSR count). The van der Waals surface area contributed by atoms with Gasteiger partial charge in [0.05, 0.1) is 5.92 Å². The molecule has 1 aliphatic rings. The molecule has 0 unspecified atom stereocenters. The SMILES string of the molecule is NCCNC(=O)[C@H](Cc1c[nH]c2ccccc12)NC(=O)[C]1[CH][CH][CH][CH]1. The molecule has 25 heavy (non-hydrogen) atoms. The molecule has 1 aliphatic carbocycles. The van der Waals surface area contributed by atoms with E-state index in [0.29, 0.717) is 25.4 Å². The molecule has 0 saturated heterocycles. The van der Waals surface area contributed by atoms with Crippen LogP contribution in [-0.2, 0) is 16.0 Å². The van der Waals surface area contributed by atoms with Crippen molar-refractivity contribution in [2.45, 2.75) is 12.5 Å². The van der Waals surface area contributed by atoms with E-state index in [1.165, 1.54) is 0 Å². The van der Waals surface area contributed by atoms with E-state index in [4.69, 9.17) is 5.73 Å². The second-order valence-electron chi connectivity index (χ2n) is 5.84. The van der Waals surface area contributed by atoms with Gasteiger partial charge in [0.15, 0.2) is 0 Å². The molecule has 2 aromatic rings. The highest BCUT2D eigenvalue weighted by Gasteiger charge is 2.29. The third-order valence-electron chi connectivity index (χ3n) is 4.09. The standard InChI is InChI=1S/C19H21N4O2/c20-9-10-21-19(25)17(23-18(24)13-5-1-2-6-13)11-14-12-22-16-8-4-3-7-15(14)16/h1-8,12,17,22H,9-11,20H2,(H,21,25)(H,23,24)/t17-/m0/s1. The smallest absolute Gasteiger partial charge is 0.242 e. The van der Waals surface area contributed by atoms with Crippen LogP contribution in [0.2, 0.25) is 0 Å². The fourth-order valence-corrected chi connectivity index (χ4v) is 2.82. The number of rotatable bonds is 7. The summed E-state index contributed by atoms with van der Waals surface area (Å²) in [7, 11) is 0. The molecule has 1 saturated carbocycles. The van der Waals surface area contributed by atoms with E-state index in [1.54, 1.807) is 25.7 Å². The topological polar surface area (TPSA) is 100 Å². The van der Waals surface area contributed by atoms with Crippen LogP contribution in [0.25, 0.3) is 10.9 Å². The summed E-state index contributed by atoms with van der Waals surface area (Å²) in [6.07, 6.45) is 9.29. The van der Waals surface area contributed by atoms with Crippen molar-refractivity contribution in [3.63, 3.8) is 0 Å². The first-order valence-electron chi connectivity index (χ1n) is 8.24. The summed E-state index contributed by atoms with van der Waals surface area (Å²) in [5, 5.41) is 6.62. The molecule has 5 radical (unpaired) electrons. The van der Waals surface area contributed by atoms with E-state index in [0.717, 1.165) is 16.5 Å². The average molecular weight is 337 g/mol. The van der Waals surface area contributed by atoms with Gasteiger partial charge in [-0.25, -0.2) is 0 Å². The van der Waals surface area contributed by atoms with Gasteiger partial charge >= 0.3 is 0 Å². The zero-order valence-corrected chi connectivity index (χ0v) is 13.8. The van der Waals surface area contributed by atoms with Crippen LogP contribution in [0, 0.1) is 31.6 Å². The first-order chi connectivity index (χ1) is 12.2. The van der Waals surface area contributed by atoms with Crippen molar-refractivity contribution in [1.82, 2.24) is 15.6 Å². The molecule has 6 nitrogen and oxygen atoms in total. The Morgan fingerprint density at radius 2 is 1.92 bits per heavy atom. The van der Waals surface area contributed by atoms with Gasteiger partial charge in [-0.1, -0.05) is 18.2 Å². The first kappa shape index (κ1) is 17.5. The molecule has 129 valence electrons. The van der Waals surface area contributed by atoms with Gasteiger partial charge in [-0.2, -0.15) is 0 Å². The molecular formula is C19H21N4O2. The lowest BCUT2D eigenvalue weighted by atomic mass is 10.0. The Hall–Kier alpha value is -2.34. The van der Waals surface area contributed by atoms with Gasteiger partial charge in [-0.3, -0.25) is 9.59 Å². The molecule has 5 N–H and O–H groups in total. The van der Waals surface area contributed by atoms with Gasteiger partial charge in [0.2, 0.25) is 11.8 Å². The summed E-state index contributed by atoms with van der Waals surface area (Å²) in [5.41, 5.74) is 7.44. The minimum absolute atomic E-state index is 0.240. The highest BCUT2D eigenvalue weighted by atomic mass is 16.2. The van der Waals surface area contributed by atoms with Crippen LogP contribution in [0.15, 0.2) is 30.5 Å². The Labute approximate surface area is 147 Å². The molecule has 1 aromatic heterocycles. The predicted molar refractivity (Wildman–Crippen MR) is 96.4 cm³/mol. The lowest BCUT2D eigenvalue weighted by molar-refractivity contribution is -0.127. The van der Waals surface area contributed by atoms with Crippen LogP contribution < -0.4 is 16.4 Å². The molecule has 1 fully saturated rings. The van der Waals surface area contributed by atoms with Crippen molar-refractivity contribution < 1.29 is 9.59 Å². The van der Waals surface area contributed by atoms with Crippen molar-refractivity contribution in [3.8, 4) is 0 Å². The zero-order chi connectivity index (χ0) is 17.6. The molecule has 1 heterocycles. The fraction of sp³-hybridized carbons (Fsp3) is 0.211. The summed E-state index contributed by atoms with van der Waals surface area (Å²) in [6.45, 7) is 0.720. The third kappa shape index (κ3) is 4.20. The number of para-hydroxylation sites is 1. The number of hydrogen-bond acceptors (Lipinski definition) is 3. The third-order valence-corrected chi connectivity index (χ3v) is 4.09. The van der Waals surface area contributed by atoms with Gasteiger partial charge in [0.25, 0.3) is 0 Å². The number of nitrogens with one attached hydrogen (secondary N) is 3. The predicted octanol–water partition coefficient (Wildman–Crippen LogP) is 0.675. The molecule has 0 aliphatic heterocycles. The largest absolute Gasteiger partial charge is 0.361 e. The maximum Gasteiger partial charge on any atom is 0.242 e. The van der Waals surface area contributed by atoms with Crippen LogP contribution in [-0.4, -0.2) is 35.9 Å². The Morgan fingerprint density at radius 1 is 1.16 bits per heavy atom. The molecule has 2 amide bonds. The summed E-state index contributed by atoms with van der Waals surface area (Å²) in [6, 6.07) is 7.20. The fourth-order valence-electron chi connectivity index (χ4n) is 2.82. The van der Waals surface area contributed by atoms with Gasteiger partial charge in [-0.15, -0.1) is 0 Å². The van der Waals surface area contributed by atoms with Crippen molar-refractivity contribution in [1.29, 1.82) is 0 Å². The highest BCUT2D eigenvalue weighted by Crippen LogP contribution is 2.24. The number of carbonyl (C=O) groups excluding carboxylic acids is 2. The Bertz CT molecular complexity index is 734. The van der Waals surface area contributed by atoms with Gasteiger partial charge < -0.3 is 21.4 Å². The van der Waals surface area contributed by atoms with Crippen LogP contribution in [0.4, 0.5) is 0 Å². The Balaban J connectivity index is 1.75. The van der Waals surface area contributed by atoms with E-state index in [1.807, 2.05) is 30.5 Å². The lowest BCUT2D eigenvalue weighted by Gasteiger charge is -2.20. The van der Waals surface area contributed by atoms with E-state index in [9.17, 15) is 9.59 Å². The van der Waals surface area contributed by atoms with Crippen LogP contribution in [0.3, 0.4) is 0 Å². The van der Waals surface area contributed by atoms with E-state index in [2.05, 4.69) is 15.6 Å². The number of amides is 2. The van der Waals surface area contributed by atoms with Crippen LogP contribution in [0.1, 0.15) is 5.56 Å². The average Bonchev–Trinajstić information content (AvgIpc) is 3.29. The quantitative estimate of drug-likeness (QED) is 0.598. The summed E-state index contributed by atoms with van der Waals surface area (Å²) in [5.74, 6) is 0.0314. The zero-order valence-electron chi connectivity index (χ0n) is 13.8. The van der Waals surface area contributed by atoms with Gasteiger partial charge in [-0.05, 0) is 37.3 Å². The van der Waals surface area contributed by atoms with E-state index >= 15 is 0 Å². The van der Waals surface area contributed by atoms with Crippen LogP contribution >= 0.6 is 0 Å². The summed E-state index contributed by atoms with van der Waals surface area (Å²) < 4.78 is 0. The molecular weight excluding hydrogens is 316 g/mol. The maximum absolute atomic E-state index is 12.5. The second-order valence-corrected chi connectivity index (χ2v) is 5.84. The highest BCUT2D eigenvalue weighted by molar-refractivity contribution is 5.99. The van der Waals surface area contributed by atoms with Crippen molar-refractivity contribution in [3.05, 3.63) is 67.6 Å². The Morgan fingerprint density at radius 3 is 2.68 bits per heavy atom. The Kier molecular flexibility index (Phi) is 5.71. The number of benzene rings is 1. The summed E-state index contributed by atoms with van der Waals surface area (Å²) in [4.78, 5) is 28.0. The second kappa shape index (κ2) is 8.16. The number of aromatic nitrogens is 1. The summed E-state index contributed by atoms with van der Waals surface area (Å²) >= 11 is 0. The van der Waals surface area contributed by atoms with Crippen molar-refractivity contribution >= 4 is 22.7 Å². The molecule has 6 heteroatoms. The minimum atomic E-state index is -0.673. The number of H-pyrrole nitrogens is 1. The van der Waals surface area contributed by atoms with Gasteiger partial charge in [0, 0.05) is 36.6 Å². The van der Waals surface area contributed by atoms with Crippen LogP contribution in [0.5, 0.6) is 0 Å². The van der Waals surface area contributed by atoms with Gasteiger partial charge in [0.1, 0.15) is 6.04 Å². The van der Waals surface area contributed by atoms with E-state index < -0.39 is 6.04 Å². The molecule has 0 bridgehead atoms. The molecule has 1 aromatic carbocycles. The minimum Gasteiger partial charge on any atom is -0.361 e. The lowest BCUT2D eigenvalue weighted by Crippen LogP contribution is -2.50. The normalized spacial score (nSPS) is 16.0. The van der Waals surface area contributed by atoms with E-state index in [-0.39, 0.29) is 11.8 Å². The number of carbonyl (C=O) groups is 2. The first-order valence-corrected chi connectivity index (χ1v) is 8.24. The molecule has 1 atom stereocenters. The number of aromatic amines is 1. The number of nitrogens with two attached hydrogens (primary N) is 1.